The zero-order valence-corrected chi connectivity index (χ0v) is 11.8. The van der Waals surface area contributed by atoms with Gasteiger partial charge in [0.2, 0.25) is 5.78 Å². The summed E-state index contributed by atoms with van der Waals surface area (Å²) in [5, 5.41) is 0. The maximum absolute atomic E-state index is 12.3. The summed E-state index contributed by atoms with van der Waals surface area (Å²) in [6, 6.07) is 7.25. The minimum absolute atomic E-state index is 0.179. The first-order valence-electron chi connectivity index (χ1n) is 7.04. The summed E-state index contributed by atoms with van der Waals surface area (Å²) in [4.78, 5) is 24.2. The van der Waals surface area contributed by atoms with Gasteiger partial charge < -0.3 is 9.15 Å². The van der Waals surface area contributed by atoms with Gasteiger partial charge in [-0.05, 0) is 49.4 Å². The summed E-state index contributed by atoms with van der Waals surface area (Å²) in [7, 11) is 0. The first-order chi connectivity index (χ1) is 10.1. The van der Waals surface area contributed by atoms with Crippen LogP contribution in [-0.4, -0.2) is 17.9 Å². The molecule has 4 nitrogen and oxygen atoms in total. The number of furan rings is 1. The van der Waals surface area contributed by atoms with Gasteiger partial charge in [0.25, 0.3) is 0 Å². The molecule has 0 N–H and O–H groups in total. The Morgan fingerprint density at radius 3 is 2.71 bits per heavy atom. The smallest absolute Gasteiger partial charge is 0.342 e. The molecule has 1 atom stereocenters. The molecule has 3 rings (SSSR count). The highest BCUT2D eigenvalue weighted by molar-refractivity contribution is 6.01. The second-order valence-electron chi connectivity index (χ2n) is 5.26. The van der Waals surface area contributed by atoms with Crippen LogP contribution in [0.4, 0.5) is 0 Å². The average Bonchev–Trinajstić information content (AvgIpc) is 3.16. The lowest BCUT2D eigenvalue weighted by molar-refractivity contribution is 0.0318. The predicted molar refractivity (Wildman–Crippen MR) is 76.4 cm³/mol. The number of benzene rings is 1. The third kappa shape index (κ3) is 2.75. The van der Waals surface area contributed by atoms with Crippen molar-refractivity contribution in [2.45, 2.75) is 32.3 Å². The van der Waals surface area contributed by atoms with E-state index in [9.17, 15) is 9.59 Å². The number of aryl methyl sites for hydroxylation is 2. The Kier molecular flexibility index (Phi) is 3.60. The summed E-state index contributed by atoms with van der Waals surface area (Å²) in [6.45, 7) is 1.59. The molecule has 0 amide bonds. The van der Waals surface area contributed by atoms with Gasteiger partial charge in [0.15, 0.2) is 6.10 Å². The van der Waals surface area contributed by atoms with Gasteiger partial charge in [0.05, 0.1) is 11.8 Å². The van der Waals surface area contributed by atoms with E-state index in [1.165, 1.54) is 29.7 Å². The molecule has 0 bridgehead atoms. The molecule has 21 heavy (non-hydrogen) atoms. The highest BCUT2D eigenvalue weighted by Crippen LogP contribution is 2.23. The van der Waals surface area contributed by atoms with Crippen LogP contribution in [0.3, 0.4) is 0 Å². The number of esters is 1. The SMILES string of the molecule is CC(OC(=O)c1ccoc1)C(=O)c1ccc2c(c1)CCC2. The molecule has 1 aliphatic carbocycles. The monoisotopic (exact) mass is 284 g/mol. The van der Waals surface area contributed by atoms with E-state index < -0.39 is 12.1 Å². The second-order valence-corrected chi connectivity index (χ2v) is 5.26. The van der Waals surface area contributed by atoms with Gasteiger partial charge in [-0.2, -0.15) is 0 Å². The van der Waals surface area contributed by atoms with Crippen molar-refractivity contribution in [2.24, 2.45) is 0 Å². The summed E-state index contributed by atoms with van der Waals surface area (Å²) in [5.74, 6) is -0.729. The Hall–Kier alpha value is -2.36. The Morgan fingerprint density at radius 2 is 1.95 bits per heavy atom. The molecule has 0 radical (unpaired) electrons. The number of hydrogen-bond acceptors (Lipinski definition) is 4. The molecule has 0 aliphatic heterocycles. The van der Waals surface area contributed by atoms with E-state index in [1.54, 1.807) is 6.92 Å². The molecule has 2 aromatic rings. The first kappa shape index (κ1) is 13.6. The number of Topliss-reactive ketones (excluding diaryl/α,β-unsaturated/α-hetero) is 1. The molecule has 1 unspecified atom stereocenters. The highest BCUT2D eigenvalue weighted by atomic mass is 16.5. The number of carbonyl (C=O) groups excluding carboxylic acids is 2. The first-order valence-corrected chi connectivity index (χ1v) is 7.04. The fourth-order valence-corrected chi connectivity index (χ4v) is 2.62. The zero-order chi connectivity index (χ0) is 14.8. The number of ether oxygens (including phenoxy) is 1. The van der Waals surface area contributed by atoms with Crippen LogP contribution in [0.1, 0.15) is 45.2 Å². The predicted octanol–water partition coefficient (Wildman–Crippen LogP) is 3.20. The fourth-order valence-electron chi connectivity index (χ4n) is 2.62. The third-order valence-electron chi connectivity index (χ3n) is 3.79. The zero-order valence-electron chi connectivity index (χ0n) is 11.8. The van der Waals surface area contributed by atoms with Crippen LogP contribution in [0.15, 0.2) is 41.2 Å². The van der Waals surface area contributed by atoms with Crippen LogP contribution < -0.4 is 0 Å². The Bertz CT molecular complexity index is 670. The van der Waals surface area contributed by atoms with Gasteiger partial charge in [-0.15, -0.1) is 0 Å². The lowest BCUT2D eigenvalue weighted by Gasteiger charge is -2.12. The molecule has 1 aromatic heterocycles. The molecule has 1 aliphatic rings. The van der Waals surface area contributed by atoms with Gasteiger partial charge >= 0.3 is 5.97 Å². The molecular formula is C17H16O4. The minimum Gasteiger partial charge on any atom is -0.472 e. The molecular weight excluding hydrogens is 268 g/mol. The van der Waals surface area contributed by atoms with Crippen LogP contribution in [-0.2, 0) is 17.6 Å². The van der Waals surface area contributed by atoms with Crippen LogP contribution in [0.5, 0.6) is 0 Å². The summed E-state index contributed by atoms with van der Waals surface area (Å²) in [6.07, 6.45) is 5.11. The van der Waals surface area contributed by atoms with Gasteiger partial charge in [-0.25, -0.2) is 4.79 Å². The summed E-state index contributed by atoms with van der Waals surface area (Å²) >= 11 is 0. The largest absolute Gasteiger partial charge is 0.472 e. The normalized spacial score (nSPS) is 14.5. The summed E-state index contributed by atoms with van der Waals surface area (Å²) < 4.78 is 10.0. The number of carbonyl (C=O) groups is 2. The molecule has 0 spiro atoms. The Balaban J connectivity index is 1.71. The van der Waals surface area contributed by atoms with Crippen molar-refractivity contribution in [3.8, 4) is 0 Å². The molecule has 0 saturated heterocycles. The maximum Gasteiger partial charge on any atom is 0.342 e. The van der Waals surface area contributed by atoms with Crippen molar-refractivity contribution in [1.82, 2.24) is 0 Å². The van der Waals surface area contributed by atoms with Crippen molar-refractivity contribution in [2.75, 3.05) is 0 Å². The lowest BCUT2D eigenvalue weighted by atomic mass is 10.0. The molecule has 4 heteroatoms. The minimum atomic E-state index is -0.813. The maximum atomic E-state index is 12.3. The lowest BCUT2D eigenvalue weighted by Crippen LogP contribution is -2.24. The number of fused-ring (bicyclic) bond motifs is 1. The quantitative estimate of drug-likeness (QED) is 0.639. The standard InChI is InChI=1S/C17H16O4/c1-11(21-17(19)15-7-8-20-10-15)16(18)14-6-5-12-3-2-4-13(12)9-14/h5-11H,2-4H2,1H3. The van der Waals surface area contributed by atoms with E-state index in [1.807, 2.05) is 18.2 Å². The van der Waals surface area contributed by atoms with Crippen molar-refractivity contribution in [1.29, 1.82) is 0 Å². The fraction of sp³-hybridized carbons (Fsp3) is 0.294. The van der Waals surface area contributed by atoms with Crippen molar-refractivity contribution in [3.63, 3.8) is 0 Å². The Labute approximate surface area is 122 Å². The van der Waals surface area contributed by atoms with Gasteiger partial charge in [-0.3, -0.25) is 4.79 Å². The number of hydrogen-bond donors (Lipinski definition) is 0. The molecule has 0 saturated carbocycles. The molecule has 0 fully saturated rings. The van der Waals surface area contributed by atoms with Gasteiger partial charge in [0, 0.05) is 5.56 Å². The average molecular weight is 284 g/mol. The van der Waals surface area contributed by atoms with E-state index in [4.69, 9.17) is 9.15 Å². The van der Waals surface area contributed by atoms with E-state index in [0.29, 0.717) is 11.1 Å². The van der Waals surface area contributed by atoms with Crippen LogP contribution in [0.25, 0.3) is 0 Å². The highest BCUT2D eigenvalue weighted by Gasteiger charge is 2.22. The van der Waals surface area contributed by atoms with Crippen molar-refractivity contribution < 1.29 is 18.7 Å². The van der Waals surface area contributed by atoms with E-state index in [2.05, 4.69) is 0 Å². The number of ketones is 1. The van der Waals surface area contributed by atoms with Crippen LogP contribution in [0.2, 0.25) is 0 Å². The molecule has 1 heterocycles. The molecule has 108 valence electrons. The van der Waals surface area contributed by atoms with Gasteiger partial charge in [-0.1, -0.05) is 12.1 Å². The van der Waals surface area contributed by atoms with Crippen molar-refractivity contribution >= 4 is 11.8 Å². The van der Waals surface area contributed by atoms with E-state index >= 15 is 0 Å². The van der Waals surface area contributed by atoms with Gasteiger partial charge in [0.1, 0.15) is 6.26 Å². The summed E-state index contributed by atoms with van der Waals surface area (Å²) in [5.41, 5.74) is 3.45. The topological polar surface area (TPSA) is 56.5 Å². The van der Waals surface area contributed by atoms with Crippen molar-refractivity contribution in [3.05, 3.63) is 59.0 Å². The molecule has 1 aromatic carbocycles. The number of rotatable bonds is 4. The van der Waals surface area contributed by atoms with E-state index in [0.717, 1.165) is 19.3 Å². The van der Waals surface area contributed by atoms with E-state index in [-0.39, 0.29) is 5.78 Å². The Morgan fingerprint density at radius 1 is 1.14 bits per heavy atom. The van der Waals surface area contributed by atoms with Crippen LogP contribution >= 0.6 is 0 Å². The second kappa shape index (κ2) is 5.56. The third-order valence-corrected chi connectivity index (χ3v) is 3.79. The van der Waals surface area contributed by atoms with Crippen LogP contribution in [0, 0.1) is 0 Å².